The van der Waals surface area contributed by atoms with E-state index < -0.39 is 26.0 Å². The molecule has 0 spiro atoms. The number of sulfonamides is 2. The summed E-state index contributed by atoms with van der Waals surface area (Å²) in [4.78, 5) is 13.1. The Morgan fingerprint density at radius 1 is 0.641 bits per heavy atom. The number of anilines is 2. The molecule has 0 aliphatic carbocycles. The van der Waals surface area contributed by atoms with E-state index in [1.165, 1.54) is 6.08 Å². The topological polar surface area (TPSA) is 135 Å². The maximum absolute atomic E-state index is 13.1. The predicted octanol–water partition coefficient (Wildman–Crippen LogP) is 4.79. The highest BCUT2D eigenvalue weighted by molar-refractivity contribution is 7.92. The number of rotatable bonds is 9. The zero-order valence-electron chi connectivity index (χ0n) is 21.3. The predicted molar refractivity (Wildman–Crippen MR) is 158 cm³/mol. The molecule has 0 aliphatic heterocycles. The molecule has 0 bridgehead atoms. The summed E-state index contributed by atoms with van der Waals surface area (Å²) in [5.41, 5.74) is 9.65. The lowest BCUT2D eigenvalue weighted by molar-refractivity contribution is -0.112. The van der Waals surface area contributed by atoms with Crippen molar-refractivity contribution < 1.29 is 21.6 Å². The van der Waals surface area contributed by atoms with Gasteiger partial charge in [-0.25, -0.2) is 16.8 Å². The molecule has 0 heterocycles. The van der Waals surface area contributed by atoms with Gasteiger partial charge in [0.15, 0.2) is 0 Å². The van der Waals surface area contributed by atoms with Gasteiger partial charge in [0.2, 0.25) is 26.0 Å². The number of nitrogens with two attached hydrogens (primary N) is 1. The van der Waals surface area contributed by atoms with Crippen molar-refractivity contribution in [2.45, 2.75) is 0 Å². The summed E-state index contributed by atoms with van der Waals surface area (Å²) in [6.45, 7) is 0. The number of primary amides is 1. The van der Waals surface area contributed by atoms with Crippen LogP contribution in [0.2, 0.25) is 0 Å². The summed E-state index contributed by atoms with van der Waals surface area (Å²) in [5.74, 6) is -0.830. The summed E-state index contributed by atoms with van der Waals surface area (Å²) in [5, 5.41) is 0. The molecular weight excluding hydrogens is 534 g/mol. The molecule has 1 amide bonds. The standard InChI is InChI=1S/C29H27N3O5S2/c1-38(34,35)31-26-17-9-15-22(20-11-5-3-6-12-20)24(26)19-25(29(30)33)28-23(21-13-7-4-8-14-21)16-10-18-27(28)32-39(2,36)37/h3-19,31-32H,1-2H3,(H2,30,33). The molecule has 10 heteroatoms. The highest BCUT2D eigenvalue weighted by atomic mass is 32.2. The minimum absolute atomic E-state index is 0.0134. The van der Waals surface area contributed by atoms with Gasteiger partial charge < -0.3 is 5.73 Å². The lowest BCUT2D eigenvalue weighted by Gasteiger charge is -2.19. The molecule has 0 unspecified atom stereocenters. The summed E-state index contributed by atoms with van der Waals surface area (Å²) in [7, 11) is -7.42. The minimum atomic E-state index is -3.74. The van der Waals surface area contributed by atoms with Gasteiger partial charge in [0.1, 0.15) is 0 Å². The molecule has 4 N–H and O–H groups in total. The van der Waals surface area contributed by atoms with E-state index in [2.05, 4.69) is 9.44 Å². The van der Waals surface area contributed by atoms with Gasteiger partial charge in [-0.15, -0.1) is 0 Å². The molecule has 4 aromatic rings. The smallest absolute Gasteiger partial charge is 0.249 e. The first-order valence-electron chi connectivity index (χ1n) is 11.8. The van der Waals surface area contributed by atoms with Crippen LogP contribution in [0.25, 0.3) is 33.9 Å². The average Bonchev–Trinajstić information content (AvgIpc) is 2.87. The highest BCUT2D eigenvalue weighted by Gasteiger charge is 2.22. The van der Waals surface area contributed by atoms with Crippen LogP contribution in [-0.4, -0.2) is 35.3 Å². The Hall–Kier alpha value is -4.41. The summed E-state index contributed by atoms with van der Waals surface area (Å²) >= 11 is 0. The zero-order chi connectivity index (χ0) is 28.2. The van der Waals surface area contributed by atoms with E-state index in [-0.39, 0.29) is 22.5 Å². The summed E-state index contributed by atoms with van der Waals surface area (Å²) in [6, 6.07) is 28.4. The molecule has 0 atom stereocenters. The van der Waals surface area contributed by atoms with E-state index >= 15 is 0 Å². The van der Waals surface area contributed by atoms with Gasteiger partial charge in [-0.2, -0.15) is 0 Å². The molecule has 4 rings (SSSR count). The quantitative estimate of drug-likeness (QED) is 0.199. The van der Waals surface area contributed by atoms with E-state index in [0.717, 1.165) is 23.6 Å². The number of hydrogen-bond acceptors (Lipinski definition) is 5. The Morgan fingerprint density at radius 2 is 1.10 bits per heavy atom. The molecule has 0 fully saturated rings. The molecule has 39 heavy (non-hydrogen) atoms. The number of benzene rings is 4. The van der Waals surface area contributed by atoms with Crippen molar-refractivity contribution >= 4 is 49.0 Å². The van der Waals surface area contributed by atoms with Crippen LogP contribution in [0.15, 0.2) is 97.1 Å². The second-order valence-corrected chi connectivity index (χ2v) is 12.4. The SMILES string of the molecule is CS(=O)(=O)Nc1cccc(-c2ccccc2)c1C=C(C(N)=O)c1c(NS(C)(=O)=O)cccc1-c1ccccc1. The Balaban J connectivity index is 2.10. The lowest BCUT2D eigenvalue weighted by atomic mass is 9.89. The van der Waals surface area contributed by atoms with Gasteiger partial charge in [0.25, 0.3) is 0 Å². The van der Waals surface area contributed by atoms with Crippen LogP contribution in [-0.2, 0) is 24.8 Å². The number of nitrogens with one attached hydrogen (secondary N) is 2. The monoisotopic (exact) mass is 561 g/mol. The van der Waals surface area contributed by atoms with Crippen LogP contribution in [0, 0.1) is 0 Å². The van der Waals surface area contributed by atoms with Crippen molar-refractivity contribution in [2.75, 3.05) is 22.0 Å². The summed E-state index contributed by atoms with van der Waals surface area (Å²) in [6.07, 6.45) is 3.54. The fourth-order valence-corrected chi connectivity index (χ4v) is 5.42. The average molecular weight is 562 g/mol. The third-order valence-electron chi connectivity index (χ3n) is 5.75. The molecule has 8 nitrogen and oxygen atoms in total. The van der Waals surface area contributed by atoms with Gasteiger partial charge in [-0.1, -0.05) is 84.9 Å². The first kappa shape index (κ1) is 27.6. The van der Waals surface area contributed by atoms with Gasteiger partial charge >= 0.3 is 0 Å². The molecule has 0 saturated heterocycles. The Morgan fingerprint density at radius 3 is 1.62 bits per heavy atom. The van der Waals surface area contributed by atoms with Crippen LogP contribution in [0.1, 0.15) is 11.1 Å². The second-order valence-electron chi connectivity index (χ2n) is 8.90. The number of carbonyl (C=O) groups is 1. The largest absolute Gasteiger partial charge is 0.366 e. The maximum atomic E-state index is 13.1. The maximum Gasteiger partial charge on any atom is 0.249 e. The molecule has 0 saturated carbocycles. The van der Waals surface area contributed by atoms with Crippen molar-refractivity contribution in [3.8, 4) is 22.3 Å². The third kappa shape index (κ3) is 6.92. The second kappa shape index (κ2) is 11.1. The van der Waals surface area contributed by atoms with Crippen LogP contribution in [0.4, 0.5) is 11.4 Å². The van der Waals surface area contributed by atoms with Crippen LogP contribution in [0.5, 0.6) is 0 Å². The molecule has 200 valence electrons. The molecule has 4 aromatic carbocycles. The van der Waals surface area contributed by atoms with Crippen molar-refractivity contribution in [1.29, 1.82) is 0 Å². The number of amides is 1. The molecule has 0 aliphatic rings. The fourth-order valence-electron chi connectivity index (χ4n) is 4.28. The van der Waals surface area contributed by atoms with Gasteiger partial charge in [0.05, 0.1) is 23.9 Å². The Kier molecular flexibility index (Phi) is 7.89. The van der Waals surface area contributed by atoms with Crippen LogP contribution in [0.3, 0.4) is 0 Å². The Bertz CT molecular complexity index is 1770. The van der Waals surface area contributed by atoms with E-state index in [1.54, 1.807) is 36.4 Å². The van der Waals surface area contributed by atoms with E-state index in [9.17, 15) is 21.6 Å². The molecular formula is C29H27N3O5S2. The van der Waals surface area contributed by atoms with Crippen molar-refractivity contribution in [2.24, 2.45) is 5.73 Å². The normalized spacial score (nSPS) is 12.1. The van der Waals surface area contributed by atoms with Gasteiger partial charge in [-0.3, -0.25) is 14.2 Å². The van der Waals surface area contributed by atoms with E-state index in [4.69, 9.17) is 5.73 Å². The lowest BCUT2D eigenvalue weighted by Crippen LogP contribution is -2.17. The Labute approximate surface area is 228 Å². The van der Waals surface area contributed by atoms with Gasteiger partial charge in [0, 0.05) is 16.7 Å². The van der Waals surface area contributed by atoms with Crippen molar-refractivity contribution in [1.82, 2.24) is 0 Å². The van der Waals surface area contributed by atoms with Gasteiger partial charge in [-0.05, 0) is 40.5 Å². The first-order chi connectivity index (χ1) is 18.4. The molecule has 0 radical (unpaired) electrons. The van der Waals surface area contributed by atoms with E-state index in [1.807, 2.05) is 60.7 Å². The number of hydrogen-bond donors (Lipinski definition) is 3. The number of carbonyl (C=O) groups excluding carboxylic acids is 1. The van der Waals surface area contributed by atoms with Crippen molar-refractivity contribution in [3.05, 3.63) is 108 Å². The van der Waals surface area contributed by atoms with Crippen LogP contribution >= 0.6 is 0 Å². The fraction of sp³-hybridized carbons (Fsp3) is 0.0690. The van der Waals surface area contributed by atoms with Crippen LogP contribution < -0.4 is 15.2 Å². The minimum Gasteiger partial charge on any atom is -0.366 e. The third-order valence-corrected chi connectivity index (χ3v) is 6.94. The molecule has 0 aromatic heterocycles. The summed E-state index contributed by atoms with van der Waals surface area (Å²) < 4.78 is 54.0. The highest BCUT2D eigenvalue weighted by Crippen LogP contribution is 2.39. The van der Waals surface area contributed by atoms with Crippen molar-refractivity contribution in [3.63, 3.8) is 0 Å². The van der Waals surface area contributed by atoms with E-state index in [0.29, 0.717) is 16.7 Å². The zero-order valence-corrected chi connectivity index (χ0v) is 22.9. The first-order valence-corrected chi connectivity index (χ1v) is 15.6.